The number of pyridine rings is 1. The van der Waals surface area contributed by atoms with Gasteiger partial charge in [0.1, 0.15) is 0 Å². The number of carbonyl (C=O) groups is 1. The molecule has 1 aliphatic rings. The largest absolute Gasteiger partial charge is 0.336 e. The molecular formula is C22H24N2OS. The van der Waals surface area contributed by atoms with Crippen molar-refractivity contribution in [3.63, 3.8) is 0 Å². The molecule has 0 bridgehead atoms. The van der Waals surface area contributed by atoms with Crippen LogP contribution in [0.3, 0.4) is 0 Å². The predicted octanol–water partition coefficient (Wildman–Crippen LogP) is 5.59. The van der Waals surface area contributed by atoms with E-state index in [4.69, 9.17) is 4.98 Å². The molecule has 0 N–H and O–H groups in total. The molecule has 3 nitrogen and oxygen atoms in total. The molecule has 1 aromatic carbocycles. The Kier molecular flexibility index (Phi) is 4.53. The maximum absolute atomic E-state index is 13.4. The highest BCUT2D eigenvalue weighted by molar-refractivity contribution is 7.13. The lowest BCUT2D eigenvalue weighted by Crippen LogP contribution is -2.42. The normalized spacial score (nSPS) is 17.7. The van der Waals surface area contributed by atoms with Gasteiger partial charge in [-0.2, -0.15) is 0 Å². The van der Waals surface area contributed by atoms with E-state index in [1.165, 1.54) is 17.5 Å². The Morgan fingerprint density at radius 3 is 2.73 bits per heavy atom. The highest BCUT2D eigenvalue weighted by Gasteiger charge is 2.26. The van der Waals surface area contributed by atoms with Gasteiger partial charge in [0.05, 0.1) is 21.7 Å². The molecule has 1 amide bonds. The summed E-state index contributed by atoms with van der Waals surface area (Å²) in [6.07, 6.45) is 3.39. The summed E-state index contributed by atoms with van der Waals surface area (Å²) in [5.74, 6) is 0.144. The van der Waals surface area contributed by atoms with Gasteiger partial charge < -0.3 is 4.90 Å². The fourth-order valence-corrected chi connectivity index (χ4v) is 4.45. The first-order valence-electron chi connectivity index (χ1n) is 9.31. The Hall–Kier alpha value is -2.20. The van der Waals surface area contributed by atoms with E-state index in [-0.39, 0.29) is 5.91 Å². The molecule has 1 aliphatic heterocycles. The molecule has 134 valence electrons. The van der Waals surface area contributed by atoms with Gasteiger partial charge in [0.2, 0.25) is 0 Å². The summed E-state index contributed by atoms with van der Waals surface area (Å²) in [5.41, 5.74) is 4.99. The zero-order valence-electron chi connectivity index (χ0n) is 15.6. The van der Waals surface area contributed by atoms with Gasteiger partial charge in [0.25, 0.3) is 5.91 Å². The standard InChI is InChI=1S/C22H24N2OS/c1-14-11-17-18(22(25)24-9-5-4-7-16(24)3)13-20(21-8-6-10-26-21)23-19(17)12-15(14)2/h6,8,10-13,16H,4-5,7,9H2,1-3H3/t16-/m0/s1. The highest BCUT2D eigenvalue weighted by Crippen LogP contribution is 2.31. The van der Waals surface area contributed by atoms with Crippen LogP contribution in [0.4, 0.5) is 0 Å². The van der Waals surface area contributed by atoms with Crippen LogP contribution in [0, 0.1) is 13.8 Å². The molecule has 0 radical (unpaired) electrons. The zero-order valence-corrected chi connectivity index (χ0v) is 16.4. The molecular weight excluding hydrogens is 340 g/mol. The van der Waals surface area contributed by atoms with Gasteiger partial charge in [-0.05, 0) is 80.8 Å². The van der Waals surface area contributed by atoms with Crippen molar-refractivity contribution in [2.75, 3.05) is 6.54 Å². The zero-order chi connectivity index (χ0) is 18.3. The van der Waals surface area contributed by atoms with Gasteiger partial charge in [-0.1, -0.05) is 6.07 Å². The summed E-state index contributed by atoms with van der Waals surface area (Å²) in [7, 11) is 0. The molecule has 0 unspecified atom stereocenters. The number of thiophene rings is 1. The number of aryl methyl sites for hydroxylation is 2. The number of aromatic nitrogens is 1. The molecule has 2 aromatic heterocycles. The fourth-order valence-electron chi connectivity index (χ4n) is 3.77. The minimum absolute atomic E-state index is 0.144. The van der Waals surface area contributed by atoms with Gasteiger partial charge in [-0.15, -0.1) is 11.3 Å². The number of hydrogen-bond donors (Lipinski definition) is 0. The van der Waals surface area contributed by atoms with Crippen LogP contribution in [0.2, 0.25) is 0 Å². The lowest BCUT2D eigenvalue weighted by molar-refractivity contribution is 0.0637. The Balaban J connectivity index is 1.90. The Labute approximate surface area is 158 Å². The summed E-state index contributed by atoms with van der Waals surface area (Å²) in [6.45, 7) is 7.21. The summed E-state index contributed by atoms with van der Waals surface area (Å²) < 4.78 is 0. The first kappa shape index (κ1) is 17.2. The molecule has 1 saturated heterocycles. The second-order valence-corrected chi connectivity index (χ2v) is 8.28. The first-order chi connectivity index (χ1) is 12.5. The molecule has 26 heavy (non-hydrogen) atoms. The van der Waals surface area contributed by atoms with Crippen molar-refractivity contribution in [1.82, 2.24) is 9.88 Å². The summed E-state index contributed by atoms with van der Waals surface area (Å²) in [6, 6.07) is 10.6. The predicted molar refractivity (Wildman–Crippen MR) is 109 cm³/mol. The second kappa shape index (κ2) is 6.84. The van der Waals surface area contributed by atoms with Crippen LogP contribution in [-0.2, 0) is 0 Å². The van der Waals surface area contributed by atoms with Crippen LogP contribution in [0.1, 0.15) is 47.7 Å². The minimum atomic E-state index is 0.144. The van der Waals surface area contributed by atoms with Gasteiger partial charge in [0.15, 0.2) is 0 Å². The second-order valence-electron chi connectivity index (χ2n) is 7.33. The van der Waals surface area contributed by atoms with E-state index >= 15 is 0 Å². The fraction of sp³-hybridized carbons (Fsp3) is 0.364. The lowest BCUT2D eigenvalue weighted by Gasteiger charge is -2.33. The van der Waals surface area contributed by atoms with Gasteiger partial charge in [0, 0.05) is 18.0 Å². The third-order valence-corrected chi connectivity index (χ3v) is 6.38. The van der Waals surface area contributed by atoms with E-state index < -0.39 is 0 Å². The molecule has 3 aromatic rings. The van der Waals surface area contributed by atoms with Crippen LogP contribution in [-0.4, -0.2) is 28.4 Å². The molecule has 4 rings (SSSR count). The van der Waals surface area contributed by atoms with E-state index in [0.717, 1.165) is 46.4 Å². The highest BCUT2D eigenvalue weighted by atomic mass is 32.1. The van der Waals surface area contributed by atoms with Crippen molar-refractivity contribution < 1.29 is 4.79 Å². The summed E-state index contributed by atoms with van der Waals surface area (Å²) in [4.78, 5) is 21.5. The monoisotopic (exact) mass is 364 g/mol. The number of benzene rings is 1. The van der Waals surface area contributed by atoms with E-state index in [9.17, 15) is 4.79 Å². The first-order valence-corrected chi connectivity index (χ1v) is 10.2. The van der Waals surface area contributed by atoms with Crippen LogP contribution in [0.5, 0.6) is 0 Å². The Morgan fingerprint density at radius 2 is 2.00 bits per heavy atom. The van der Waals surface area contributed by atoms with Gasteiger partial charge in [-0.25, -0.2) is 4.98 Å². The molecule has 3 heterocycles. The molecule has 1 atom stereocenters. The molecule has 0 saturated carbocycles. The quantitative estimate of drug-likeness (QED) is 0.593. The number of rotatable bonds is 2. The topological polar surface area (TPSA) is 33.2 Å². The minimum Gasteiger partial charge on any atom is -0.336 e. The number of likely N-dealkylation sites (tertiary alicyclic amines) is 1. The summed E-state index contributed by atoms with van der Waals surface area (Å²) >= 11 is 1.66. The van der Waals surface area contributed by atoms with Crippen LogP contribution in [0.15, 0.2) is 35.7 Å². The van der Waals surface area contributed by atoms with E-state index in [1.54, 1.807) is 11.3 Å². The van der Waals surface area contributed by atoms with E-state index in [0.29, 0.717) is 6.04 Å². The van der Waals surface area contributed by atoms with Crippen molar-refractivity contribution in [1.29, 1.82) is 0 Å². The third kappa shape index (κ3) is 3.03. The van der Waals surface area contributed by atoms with Crippen molar-refractivity contribution in [3.05, 3.63) is 52.4 Å². The number of piperidine rings is 1. The molecule has 0 aliphatic carbocycles. The number of nitrogens with zero attached hydrogens (tertiary/aromatic N) is 2. The van der Waals surface area contributed by atoms with Crippen molar-refractivity contribution >= 4 is 28.1 Å². The number of carbonyl (C=O) groups excluding carboxylic acids is 1. The van der Waals surface area contributed by atoms with Crippen molar-refractivity contribution in [3.8, 4) is 10.6 Å². The van der Waals surface area contributed by atoms with Crippen LogP contribution in [0.25, 0.3) is 21.5 Å². The summed E-state index contributed by atoms with van der Waals surface area (Å²) in [5, 5.41) is 3.02. The van der Waals surface area contributed by atoms with Gasteiger partial charge >= 0.3 is 0 Å². The van der Waals surface area contributed by atoms with Crippen LogP contribution < -0.4 is 0 Å². The van der Waals surface area contributed by atoms with E-state index in [2.05, 4.69) is 44.4 Å². The van der Waals surface area contributed by atoms with E-state index in [1.807, 2.05) is 17.0 Å². The molecule has 1 fully saturated rings. The number of amides is 1. The Bertz CT molecular complexity index is 962. The average Bonchev–Trinajstić information content (AvgIpc) is 3.16. The average molecular weight is 365 g/mol. The van der Waals surface area contributed by atoms with Crippen molar-refractivity contribution in [2.24, 2.45) is 0 Å². The maximum Gasteiger partial charge on any atom is 0.254 e. The smallest absolute Gasteiger partial charge is 0.254 e. The number of hydrogen-bond acceptors (Lipinski definition) is 3. The SMILES string of the molecule is Cc1cc2nc(-c3cccs3)cc(C(=O)N3CCCC[C@@H]3C)c2cc1C. The molecule has 4 heteroatoms. The van der Waals surface area contributed by atoms with Crippen LogP contribution >= 0.6 is 11.3 Å². The Morgan fingerprint density at radius 1 is 1.19 bits per heavy atom. The molecule has 0 spiro atoms. The van der Waals surface area contributed by atoms with Crippen molar-refractivity contribution in [2.45, 2.75) is 46.1 Å². The van der Waals surface area contributed by atoms with Gasteiger partial charge in [-0.3, -0.25) is 4.79 Å². The maximum atomic E-state index is 13.4. The number of fused-ring (bicyclic) bond motifs is 1. The lowest BCUT2D eigenvalue weighted by atomic mass is 9.98. The third-order valence-electron chi connectivity index (χ3n) is 5.49.